The molecule has 114 valence electrons. The molecule has 1 aliphatic carbocycles. The Morgan fingerprint density at radius 1 is 1.14 bits per heavy atom. The molecule has 1 fully saturated rings. The monoisotopic (exact) mass is 314 g/mol. The van der Waals surface area contributed by atoms with Crippen molar-refractivity contribution in [1.82, 2.24) is 10.2 Å². The van der Waals surface area contributed by atoms with Crippen LogP contribution in [-0.4, -0.2) is 43.0 Å². The van der Waals surface area contributed by atoms with Gasteiger partial charge in [-0.1, -0.05) is 35.9 Å². The highest BCUT2D eigenvalue weighted by molar-refractivity contribution is 6.31. The average Bonchev–Trinajstić information content (AvgIpc) is 2.72. The molecule has 4 rings (SSSR count). The summed E-state index contributed by atoms with van der Waals surface area (Å²) in [7, 11) is 0. The molecule has 0 spiro atoms. The number of amidine groups is 1. The number of piperazine rings is 1. The lowest BCUT2D eigenvalue weighted by Gasteiger charge is -2.35. The van der Waals surface area contributed by atoms with E-state index in [-0.39, 0.29) is 12.0 Å². The maximum atomic E-state index is 6.17. The molecular weight excluding hydrogens is 296 g/mol. The molecule has 22 heavy (non-hydrogen) atoms. The average molecular weight is 315 g/mol. The number of aliphatic imine (C=N–C) groups is 1. The van der Waals surface area contributed by atoms with Crippen molar-refractivity contribution in [3.8, 4) is 0 Å². The van der Waals surface area contributed by atoms with Crippen LogP contribution in [0.5, 0.6) is 0 Å². The molecule has 2 atom stereocenters. The van der Waals surface area contributed by atoms with Gasteiger partial charge in [-0.3, -0.25) is 0 Å². The van der Waals surface area contributed by atoms with Gasteiger partial charge < -0.3 is 15.5 Å². The Balaban J connectivity index is 1.79. The molecule has 0 amide bonds. The van der Waals surface area contributed by atoms with E-state index < -0.39 is 0 Å². The Hall–Kier alpha value is -1.78. The van der Waals surface area contributed by atoms with E-state index in [2.05, 4.69) is 39.8 Å². The number of halogens is 1. The number of nitrogens with zero attached hydrogens (tertiary/aromatic N) is 2. The number of hydrogen-bond acceptors (Lipinski definition) is 4. The van der Waals surface area contributed by atoms with Crippen molar-refractivity contribution in [3.05, 3.63) is 47.5 Å². The van der Waals surface area contributed by atoms with E-state index in [4.69, 9.17) is 16.6 Å². The van der Waals surface area contributed by atoms with Gasteiger partial charge in [0.05, 0.1) is 23.3 Å². The van der Waals surface area contributed by atoms with Crippen LogP contribution in [0.2, 0.25) is 5.02 Å². The van der Waals surface area contributed by atoms with Gasteiger partial charge in [-0.05, 0) is 18.2 Å². The summed E-state index contributed by atoms with van der Waals surface area (Å²) in [6, 6.07) is 6.11. The van der Waals surface area contributed by atoms with E-state index >= 15 is 0 Å². The first kappa shape index (κ1) is 13.9. The number of rotatable bonds is 0. The third-order valence-corrected chi connectivity index (χ3v) is 4.63. The van der Waals surface area contributed by atoms with E-state index in [9.17, 15) is 0 Å². The van der Waals surface area contributed by atoms with Crippen LogP contribution in [-0.2, 0) is 0 Å². The fraction of sp³-hybridized carbons (Fsp3) is 0.353. The van der Waals surface area contributed by atoms with E-state index in [0.29, 0.717) is 0 Å². The summed E-state index contributed by atoms with van der Waals surface area (Å²) < 4.78 is 0. The minimum Gasteiger partial charge on any atom is -0.376 e. The van der Waals surface area contributed by atoms with E-state index in [1.165, 1.54) is 0 Å². The number of benzene rings is 1. The minimum absolute atomic E-state index is 0.237. The number of nitrogens with one attached hydrogen (secondary N) is 2. The molecule has 2 aliphatic heterocycles. The topological polar surface area (TPSA) is 39.7 Å². The second-order valence-corrected chi connectivity index (χ2v) is 6.27. The van der Waals surface area contributed by atoms with E-state index in [0.717, 1.165) is 48.4 Å². The van der Waals surface area contributed by atoms with Crippen molar-refractivity contribution < 1.29 is 0 Å². The zero-order chi connectivity index (χ0) is 14.9. The van der Waals surface area contributed by atoms with Crippen molar-refractivity contribution >= 4 is 28.8 Å². The molecule has 1 aromatic carbocycles. The van der Waals surface area contributed by atoms with Crippen LogP contribution in [0, 0.1) is 5.92 Å². The molecule has 5 heteroatoms. The molecular formula is C17H19ClN4. The molecule has 2 N–H and O–H groups in total. The Kier molecular flexibility index (Phi) is 3.64. The van der Waals surface area contributed by atoms with Crippen molar-refractivity contribution in [2.45, 2.75) is 6.04 Å². The van der Waals surface area contributed by atoms with Gasteiger partial charge in [-0.15, -0.1) is 0 Å². The smallest absolute Gasteiger partial charge is 0.114 e. The molecule has 0 aromatic heterocycles. The lowest BCUT2D eigenvalue weighted by molar-refractivity contribution is 0.344. The van der Waals surface area contributed by atoms with Crippen LogP contribution >= 0.6 is 11.6 Å². The zero-order valence-corrected chi connectivity index (χ0v) is 13.1. The van der Waals surface area contributed by atoms with Crippen molar-refractivity contribution in [2.24, 2.45) is 10.9 Å². The summed E-state index contributed by atoms with van der Waals surface area (Å²) in [5.41, 5.74) is 1.97. The SMILES string of the molecule is Clc1ccc2c(c1)N=C(N1CCNCC1)C1C=CC=CC1N2. The lowest BCUT2D eigenvalue weighted by atomic mass is 9.93. The maximum Gasteiger partial charge on any atom is 0.114 e. The van der Waals surface area contributed by atoms with Gasteiger partial charge in [0.25, 0.3) is 0 Å². The van der Waals surface area contributed by atoms with Crippen LogP contribution in [0.1, 0.15) is 0 Å². The van der Waals surface area contributed by atoms with Gasteiger partial charge in [0.1, 0.15) is 5.84 Å². The van der Waals surface area contributed by atoms with Gasteiger partial charge in [-0.25, -0.2) is 4.99 Å². The molecule has 0 radical (unpaired) electrons. The predicted molar refractivity (Wildman–Crippen MR) is 92.2 cm³/mol. The molecule has 0 saturated carbocycles. The van der Waals surface area contributed by atoms with Crippen LogP contribution in [0.25, 0.3) is 0 Å². The van der Waals surface area contributed by atoms with Crippen molar-refractivity contribution in [3.63, 3.8) is 0 Å². The Bertz CT molecular complexity index is 659. The van der Waals surface area contributed by atoms with Crippen LogP contribution in [0.4, 0.5) is 11.4 Å². The molecule has 2 heterocycles. The number of anilines is 1. The number of fused-ring (bicyclic) bond motifs is 2. The molecule has 4 nitrogen and oxygen atoms in total. The molecule has 2 unspecified atom stereocenters. The zero-order valence-electron chi connectivity index (χ0n) is 12.3. The minimum atomic E-state index is 0.237. The predicted octanol–water partition coefficient (Wildman–Crippen LogP) is 2.81. The highest BCUT2D eigenvalue weighted by Crippen LogP contribution is 2.35. The normalized spacial score (nSPS) is 26.6. The second kappa shape index (κ2) is 5.78. The summed E-state index contributed by atoms with van der Waals surface area (Å²) in [5.74, 6) is 1.40. The summed E-state index contributed by atoms with van der Waals surface area (Å²) in [4.78, 5) is 7.39. The summed E-state index contributed by atoms with van der Waals surface area (Å²) >= 11 is 6.17. The molecule has 3 aliphatic rings. The fourth-order valence-electron chi connectivity index (χ4n) is 3.26. The third kappa shape index (κ3) is 2.53. The first-order chi connectivity index (χ1) is 10.8. The third-order valence-electron chi connectivity index (χ3n) is 4.39. The summed E-state index contributed by atoms with van der Waals surface area (Å²) in [6.07, 6.45) is 8.67. The Labute approximate surface area is 135 Å². The highest BCUT2D eigenvalue weighted by Gasteiger charge is 2.31. The van der Waals surface area contributed by atoms with Gasteiger partial charge in [0.15, 0.2) is 0 Å². The Morgan fingerprint density at radius 3 is 2.82 bits per heavy atom. The summed E-state index contributed by atoms with van der Waals surface area (Å²) in [6.45, 7) is 4.00. The quantitative estimate of drug-likeness (QED) is 0.773. The van der Waals surface area contributed by atoms with Crippen LogP contribution < -0.4 is 10.6 Å². The Morgan fingerprint density at radius 2 is 1.95 bits per heavy atom. The number of hydrogen-bond donors (Lipinski definition) is 2. The van der Waals surface area contributed by atoms with Gasteiger partial charge in [0.2, 0.25) is 0 Å². The first-order valence-electron chi connectivity index (χ1n) is 7.76. The second-order valence-electron chi connectivity index (χ2n) is 5.83. The largest absolute Gasteiger partial charge is 0.376 e. The first-order valence-corrected chi connectivity index (χ1v) is 8.14. The van der Waals surface area contributed by atoms with Gasteiger partial charge >= 0.3 is 0 Å². The standard InChI is InChI=1S/C17H19ClN4/c18-12-5-6-15-16(11-12)21-17(22-9-7-19-8-10-22)13-3-1-2-4-14(13)20-15/h1-6,11,13-14,19-20H,7-10H2. The van der Waals surface area contributed by atoms with Crippen molar-refractivity contribution in [2.75, 3.05) is 31.5 Å². The summed E-state index contributed by atoms with van der Waals surface area (Å²) in [5, 5.41) is 7.73. The lowest BCUT2D eigenvalue weighted by Crippen LogP contribution is -2.50. The highest BCUT2D eigenvalue weighted by atomic mass is 35.5. The van der Waals surface area contributed by atoms with E-state index in [1.54, 1.807) is 0 Å². The van der Waals surface area contributed by atoms with Crippen molar-refractivity contribution in [1.29, 1.82) is 0 Å². The molecule has 1 saturated heterocycles. The molecule has 1 aromatic rings. The maximum absolute atomic E-state index is 6.17. The van der Waals surface area contributed by atoms with Crippen LogP contribution in [0.15, 0.2) is 47.5 Å². The fourth-order valence-corrected chi connectivity index (χ4v) is 3.43. The molecule has 0 bridgehead atoms. The van der Waals surface area contributed by atoms with Gasteiger partial charge in [-0.2, -0.15) is 0 Å². The van der Waals surface area contributed by atoms with Crippen LogP contribution in [0.3, 0.4) is 0 Å². The van der Waals surface area contributed by atoms with Gasteiger partial charge in [0, 0.05) is 31.2 Å². The number of allylic oxidation sites excluding steroid dienone is 2. The van der Waals surface area contributed by atoms with E-state index in [1.807, 2.05) is 18.2 Å².